The van der Waals surface area contributed by atoms with Gasteiger partial charge in [-0.3, -0.25) is 4.90 Å². The molecule has 12 heavy (non-hydrogen) atoms. The number of rotatable bonds is 1. The first-order valence-corrected chi connectivity index (χ1v) is 4.44. The van der Waals surface area contributed by atoms with Crippen molar-refractivity contribution in [1.29, 1.82) is 0 Å². The summed E-state index contributed by atoms with van der Waals surface area (Å²) in [6.07, 6.45) is 0. The minimum absolute atomic E-state index is 0.980. The van der Waals surface area contributed by atoms with E-state index >= 15 is 0 Å². The number of nitrogens with one attached hydrogen (secondary N) is 1. The third kappa shape index (κ3) is 1.30. The molecule has 2 nitrogen and oxygen atoms in total. The highest BCUT2D eigenvalue weighted by Crippen LogP contribution is 2.20. The molecule has 0 atom stereocenters. The van der Waals surface area contributed by atoms with E-state index in [0.717, 1.165) is 19.8 Å². The number of para-hydroxylation sites is 1. The lowest BCUT2D eigenvalue weighted by molar-refractivity contribution is 0.291. The molecule has 0 saturated carbocycles. The maximum absolute atomic E-state index is 3.39. The average molecular weight is 162 g/mol. The quantitative estimate of drug-likeness (QED) is 0.678. The molecule has 0 unspecified atom stereocenters. The van der Waals surface area contributed by atoms with Crippen molar-refractivity contribution in [3.05, 3.63) is 29.8 Å². The van der Waals surface area contributed by atoms with Crippen LogP contribution in [0.15, 0.2) is 24.3 Å². The summed E-state index contributed by atoms with van der Waals surface area (Å²) >= 11 is 0. The van der Waals surface area contributed by atoms with E-state index in [1.165, 1.54) is 11.3 Å². The number of hydrogen-bond donors (Lipinski definition) is 1. The second-order valence-electron chi connectivity index (χ2n) is 3.14. The Bertz CT molecular complexity index is 270. The fourth-order valence-corrected chi connectivity index (χ4v) is 1.55. The van der Waals surface area contributed by atoms with Crippen LogP contribution in [-0.4, -0.2) is 18.1 Å². The molecule has 1 aliphatic rings. The van der Waals surface area contributed by atoms with Gasteiger partial charge in [0.15, 0.2) is 0 Å². The van der Waals surface area contributed by atoms with Crippen LogP contribution in [0.3, 0.4) is 0 Å². The van der Waals surface area contributed by atoms with Crippen LogP contribution in [0, 0.1) is 0 Å². The SMILES string of the molecule is CCN1CNc2ccccc2C1. The van der Waals surface area contributed by atoms with Crippen molar-refractivity contribution in [3.63, 3.8) is 0 Å². The van der Waals surface area contributed by atoms with Crippen LogP contribution in [-0.2, 0) is 6.54 Å². The Morgan fingerprint density at radius 2 is 2.25 bits per heavy atom. The third-order valence-corrected chi connectivity index (χ3v) is 2.35. The zero-order valence-corrected chi connectivity index (χ0v) is 7.38. The summed E-state index contributed by atoms with van der Waals surface area (Å²) < 4.78 is 0. The number of nitrogens with zero attached hydrogens (tertiary/aromatic N) is 1. The molecule has 2 rings (SSSR count). The minimum atomic E-state index is 0.980. The van der Waals surface area contributed by atoms with Crippen molar-refractivity contribution in [1.82, 2.24) is 4.90 Å². The fraction of sp³-hybridized carbons (Fsp3) is 0.400. The van der Waals surface area contributed by atoms with Crippen LogP contribution in [0.2, 0.25) is 0 Å². The molecule has 0 amide bonds. The number of anilines is 1. The molecular weight excluding hydrogens is 148 g/mol. The molecule has 0 aromatic heterocycles. The van der Waals surface area contributed by atoms with Crippen molar-refractivity contribution in [2.75, 3.05) is 18.5 Å². The standard InChI is InChI=1S/C10H14N2/c1-2-12-7-9-5-3-4-6-10(9)11-8-12/h3-6,11H,2,7-8H2,1H3. The van der Waals surface area contributed by atoms with Gasteiger partial charge in [-0.25, -0.2) is 0 Å². The summed E-state index contributed by atoms with van der Waals surface area (Å²) in [7, 11) is 0. The van der Waals surface area contributed by atoms with Crippen LogP contribution < -0.4 is 5.32 Å². The normalized spacial score (nSPS) is 16.8. The van der Waals surface area contributed by atoms with Gasteiger partial charge in [-0.15, -0.1) is 0 Å². The predicted octanol–water partition coefficient (Wildman–Crippen LogP) is 1.89. The number of hydrogen-bond acceptors (Lipinski definition) is 2. The Hall–Kier alpha value is -1.02. The molecule has 1 aromatic carbocycles. The molecule has 0 bridgehead atoms. The lowest BCUT2D eigenvalue weighted by Gasteiger charge is -2.28. The van der Waals surface area contributed by atoms with Crippen molar-refractivity contribution >= 4 is 5.69 Å². The highest BCUT2D eigenvalue weighted by atomic mass is 15.2. The largest absolute Gasteiger partial charge is 0.372 e. The topological polar surface area (TPSA) is 15.3 Å². The van der Waals surface area contributed by atoms with Gasteiger partial charge in [-0.2, -0.15) is 0 Å². The van der Waals surface area contributed by atoms with Gasteiger partial charge >= 0.3 is 0 Å². The van der Waals surface area contributed by atoms with Crippen LogP contribution in [0.25, 0.3) is 0 Å². The fourth-order valence-electron chi connectivity index (χ4n) is 1.55. The van der Waals surface area contributed by atoms with Crippen molar-refractivity contribution in [2.24, 2.45) is 0 Å². The molecule has 1 aromatic rings. The third-order valence-electron chi connectivity index (χ3n) is 2.35. The van der Waals surface area contributed by atoms with E-state index in [2.05, 4.69) is 41.4 Å². The van der Waals surface area contributed by atoms with E-state index in [1.54, 1.807) is 0 Å². The first-order chi connectivity index (χ1) is 5.90. The molecule has 0 spiro atoms. The Morgan fingerprint density at radius 1 is 1.42 bits per heavy atom. The van der Waals surface area contributed by atoms with Crippen molar-refractivity contribution < 1.29 is 0 Å². The van der Waals surface area contributed by atoms with Gasteiger partial charge in [0.05, 0.1) is 6.67 Å². The second-order valence-corrected chi connectivity index (χ2v) is 3.14. The maximum atomic E-state index is 3.39. The van der Waals surface area contributed by atoms with Gasteiger partial charge in [0.1, 0.15) is 0 Å². The number of fused-ring (bicyclic) bond motifs is 1. The summed E-state index contributed by atoms with van der Waals surface area (Å²) in [6, 6.07) is 8.50. The Labute approximate surface area is 73.2 Å². The zero-order chi connectivity index (χ0) is 8.39. The molecule has 0 fully saturated rings. The Morgan fingerprint density at radius 3 is 3.08 bits per heavy atom. The number of benzene rings is 1. The predicted molar refractivity (Wildman–Crippen MR) is 51.0 cm³/mol. The molecule has 0 saturated heterocycles. The molecule has 1 N–H and O–H groups in total. The first-order valence-electron chi connectivity index (χ1n) is 4.44. The van der Waals surface area contributed by atoms with Crippen LogP contribution in [0.1, 0.15) is 12.5 Å². The average Bonchev–Trinajstić information content (AvgIpc) is 2.17. The summed E-state index contributed by atoms with van der Waals surface area (Å²) in [5.41, 5.74) is 2.70. The van der Waals surface area contributed by atoms with Gasteiger partial charge in [-0.05, 0) is 18.2 Å². The van der Waals surface area contributed by atoms with E-state index in [9.17, 15) is 0 Å². The second kappa shape index (κ2) is 3.15. The molecule has 1 aliphatic heterocycles. The summed E-state index contributed by atoms with van der Waals surface area (Å²) in [5.74, 6) is 0. The van der Waals surface area contributed by atoms with E-state index in [4.69, 9.17) is 0 Å². The van der Waals surface area contributed by atoms with Crippen molar-refractivity contribution in [3.8, 4) is 0 Å². The smallest absolute Gasteiger partial charge is 0.0681 e. The van der Waals surface area contributed by atoms with Crippen molar-refractivity contribution in [2.45, 2.75) is 13.5 Å². The van der Waals surface area contributed by atoms with E-state index < -0.39 is 0 Å². The summed E-state index contributed by atoms with van der Waals surface area (Å²) in [4.78, 5) is 2.38. The first kappa shape index (κ1) is 7.62. The lowest BCUT2D eigenvalue weighted by atomic mass is 10.1. The van der Waals surface area contributed by atoms with E-state index in [0.29, 0.717) is 0 Å². The zero-order valence-electron chi connectivity index (χ0n) is 7.38. The summed E-state index contributed by atoms with van der Waals surface area (Å²) in [6.45, 7) is 5.37. The highest BCUT2D eigenvalue weighted by molar-refractivity contribution is 5.52. The molecule has 2 heteroatoms. The minimum Gasteiger partial charge on any atom is -0.372 e. The van der Waals surface area contributed by atoms with Gasteiger partial charge < -0.3 is 5.32 Å². The van der Waals surface area contributed by atoms with E-state index in [1.807, 2.05) is 0 Å². The Balaban J connectivity index is 2.23. The lowest BCUT2D eigenvalue weighted by Crippen LogP contribution is -2.33. The van der Waals surface area contributed by atoms with Crippen LogP contribution >= 0.6 is 0 Å². The maximum Gasteiger partial charge on any atom is 0.0681 e. The molecule has 0 radical (unpaired) electrons. The van der Waals surface area contributed by atoms with Gasteiger partial charge in [-0.1, -0.05) is 25.1 Å². The van der Waals surface area contributed by atoms with Gasteiger partial charge in [0, 0.05) is 12.2 Å². The molecular formula is C10H14N2. The molecule has 0 aliphatic carbocycles. The van der Waals surface area contributed by atoms with Crippen LogP contribution in [0.5, 0.6) is 0 Å². The van der Waals surface area contributed by atoms with Gasteiger partial charge in [0.2, 0.25) is 0 Å². The monoisotopic (exact) mass is 162 g/mol. The molecule has 64 valence electrons. The molecule has 1 heterocycles. The summed E-state index contributed by atoms with van der Waals surface area (Å²) in [5, 5.41) is 3.39. The van der Waals surface area contributed by atoms with E-state index in [-0.39, 0.29) is 0 Å². The highest BCUT2D eigenvalue weighted by Gasteiger charge is 2.12. The Kier molecular flexibility index (Phi) is 2.00. The van der Waals surface area contributed by atoms with Gasteiger partial charge in [0.25, 0.3) is 0 Å². The van der Waals surface area contributed by atoms with Crippen LogP contribution in [0.4, 0.5) is 5.69 Å².